The normalized spacial score (nSPS) is 14.9. The first-order valence-electron chi connectivity index (χ1n) is 10.8. The van der Waals surface area contributed by atoms with E-state index in [2.05, 4.69) is 32.0 Å². The van der Waals surface area contributed by atoms with Crippen molar-refractivity contribution in [1.29, 1.82) is 0 Å². The molecule has 1 aliphatic rings. The lowest BCUT2D eigenvalue weighted by Gasteiger charge is -2.19. The predicted octanol–water partition coefficient (Wildman–Crippen LogP) is 3.91. The van der Waals surface area contributed by atoms with Crippen molar-refractivity contribution in [3.8, 4) is 5.69 Å². The molecule has 1 atom stereocenters. The standard InChI is InChI=1S/C23H27N5O3S2/c1-16-6-12-20(13-7-16)28-22(27-14-4-5-15-27)24-25-23(28)32-17(2)21(29)18-8-10-19(11-9-18)26-33(3,30)31/h6-13,17,26H,4-5,14-15H2,1-3H3. The van der Waals surface area contributed by atoms with Gasteiger partial charge in [0, 0.05) is 24.3 Å². The Morgan fingerprint density at radius 2 is 1.67 bits per heavy atom. The number of nitrogens with zero attached hydrogens (tertiary/aromatic N) is 4. The van der Waals surface area contributed by atoms with Gasteiger partial charge in [-0.05, 0) is 63.1 Å². The van der Waals surface area contributed by atoms with Gasteiger partial charge in [-0.25, -0.2) is 8.42 Å². The Kier molecular flexibility index (Phi) is 6.76. The van der Waals surface area contributed by atoms with Crippen LogP contribution in [0.1, 0.15) is 35.7 Å². The van der Waals surface area contributed by atoms with Crippen LogP contribution >= 0.6 is 11.8 Å². The molecule has 1 N–H and O–H groups in total. The van der Waals surface area contributed by atoms with Gasteiger partial charge in [-0.15, -0.1) is 10.2 Å². The number of benzene rings is 2. The van der Waals surface area contributed by atoms with Gasteiger partial charge >= 0.3 is 0 Å². The molecule has 1 aromatic heterocycles. The fourth-order valence-electron chi connectivity index (χ4n) is 3.74. The molecule has 0 spiro atoms. The lowest BCUT2D eigenvalue weighted by molar-refractivity contribution is 0.0994. The van der Waals surface area contributed by atoms with E-state index in [1.54, 1.807) is 24.3 Å². The van der Waals surface area contributed by atoms with E-state index in [-0.39, 0.29) is 5.78 Å². The number of hydrogen-bond donors (Lipinski definition) is 1. The smallest absolute Gasteiger partial charge is 0.232 e. The molecule has 2 aromatic carbocycles. The number of carbonyl (C=O) groups excluding carboxylic acids is 1. The molecule has 0 radical (unpaired) electrons. The number of aromatic nitrogens is 3. The largest absolute Gasteiger partial charge is 0.341 e. The number of thioether (sulfide) groups is 1. The third kappa shape index (κ3) is 5.56. The minimum absolute atomic E-state index is 0.0629. The number of aryl methyl sites for hydroxylation is 1. The first-order chi connectivity index (χ1) is 15.7. The van der Waals surface area contributed by atoms with Gasteiger partial charge in [0.15, 0.2) is 10.9 Å². The van der Waals surface area contributed by atoms with E-state index < -0.39 is 15.3 Å². The van der Waals surface area contributed by atoms with Gasteiger partial charge in [0.2, 0.25) is 16.0 Å². The number of sulfonamides is 1. The van der Waals surface area contributed by atoms with Gasteiger partial charge in [0.05, 0.1) is 17.2 Å². The third-order valence-electron chi connectivity index (χ3n) is 5.42. The van der Waals surface area contributed by atoms with E-state index in [0.717, 1.165) is 43.8 Å². The van der Waals surface area contributed by atoms with E-state index in [4.69, 9.17) is 0 Å². The summed E-state index contributed by atoms with van der Waals surface area (Å²) < 4.78 is 27.2. The van der Waals surface area contributed by atoms with Crippen molar-refractivity contribution >= 4 is 39.2 Å². The van der Waals surface area contributed by atoms with Gasteiger partial charge in [0.1, 0.15) is 0 Å². The van der Waals surface area contributed by atoms with Crippen molar-refractivity contribution in [2.75, 3.05) is 29.0 Å². The van der Waals surface area contributed by atoms with Crippen molar-refractivity contribution in [3.63, 3.8) is 0 Å². The van der Waals surface area contributed by atoms with Crippen LogP contribution in [0, 0.1) is 6.92 Å². The predicted molar refractivity (Wildman–Crippen MR) is 132 cm³/mol. The highest BCUT2D eigenvalue weighted by Gasteiger charge is 2.25. The Bertz CT molecular complexity index is 1230. The second-order valence-corrected chi connectivity index (χ2v) is 11.3. The first kappa shape index (κ1) is 23.3. The molecule has 33 heavy (non-hydrogen) atoms. The molecule has 10 heteroatoms. The molecular formula is C23H27N5O3S2. The van der Waals surface area contributed by atoms with E-state index >= 15 is 0 Å². The fourth-order valence-corrected chi connectivity index (χ4v) is 5.25. The zero-order valence-electron chi connectivity index (χ0n) is 18.9. The summed E-state index contributed by atoms with van der Waals surface area (Å²) in [4.78, 5) is 15.3. The highest BCUT2D eigenvalue weighted by Crippen LogP contribution is 2.32. The molecule has 1 unspecified atom stereocenters. The number of carbonyl (C=O) groups is 1. The molecule has 1 aliphatic heterocycles. The fraction of sp³-hybridized carbons (Fsp3) is 0.348. The van der Waals surface area contributed by atoms with Gasteiger partial charge in [-0.2, -0.15) is 0 Å². The summed E-state index contributed by atoms with van der Waals surface area (Å²) in [5.41, 5.74) is 3.06. The number of nitrogens with one attached hydrogen (secondary N) is 1. The molecule has 0 amide bonds. The second-order valence-electron chi connectivity index (χ2n) is 8.22. The average molecular weight is 486 g/mol. The van der Waals surface area contributed by atoms with Gasteiger partial charge in [-0.3, -0.25) is 14.1 Å². The maximum Gasteiger partial charge on any atom is 0.232 e. The number of rotatable bonds is 8. The lowest BCUT2D eigenvalue weighted by Crippen LogP contribution is -2.22. The average Bonchev–Trinajstić information content (AvgIpc) is 3.43. The quantitative estimate of drug-likeness (QED) is 0.382. The summed E-state index contributed by atoms with van der Waals surface area (Å²) in [5, 5.41) is 9.16. The molecular weight excluding hydrogens is 458 g/mol. The Labute approximate surface area is 198 Å². The Balaban J connectivity index is 1.58. The molecule has 0 saturated carbocycles. The third-order valence-corrected chi connectivity index (χ3v) is 7.07. The van der Waals surface area contributed by atoms with Crippen LogP contribution in [0.4, 0.5) is 11.6 Å². The van der Waals surface area contributed by atoms with Gasteiger partial charge in [0.25, 0.3) is 0 Å². The molecule has 4 rings (SSSR count). The summed E-state index contributed by atoms with van der Waals surface area (Å²) in [6.07, 6.45) is 3.34. The summed E-state index contributed by atoms with van der Waals surface area (Å²) in [6, 6.07) is 14.6. The summed E-state index contributed by atoms with van der Waals surface area (Å²) in [7, 11) is -3.37. The monoisotopic (exact) mass is 485 g/mol. The number of hydrogen-bond acceptors (Lipinski definition) is 7. The van der Waals surface area contributed by atoms with Crippen LogP contribution in [-0.2, 0) is 10.0 Å². The minimum Gasteiger partial charge on any atom is -0.341 e. The highest BCUT2D eigenvalue weighted by atomic mass is 32.2. The Hall–Kier alpha value is -2.85. The molecule has 174 valence electrons. The summed E-state index contributed by atoms with van der Waals surface area (Å²) in [5.74, 6) is 0.738. The van der Waals surface area contributed by atoms with Crippen molar-refractivity contribution < 1.29 is 13.2 Å². The lowest BCUT2D eigenvalue weighted by atomic mass is 10.1. The summed E-state index contributed by atoms with van der Waals surface area (Å²) >= 11 is 1.37. The van der Waals surface area contributed by atoms with E-state index in [1.807, 2.05) is 30.5 Å². The number of ketones is 1. The van der Waals surface area contributed by atoms with Crippen molar-refractivity contribution in [3.05, 3.63) is 59.7 Å². The zero-order valence-corrected chi connectivity index (χ0v) is 20.5. The zero-order chi connectivity index (χ0) is 23.6. The number of anilines is 2. The first-order valence-corrected chi connectivity index (χ1v) is 13.5. The van der Waals surface area contributed by atoms with Crippen LogP contribution < -0.4 is 9.62 Å². The van der Waals surface area contributed by atoms with E-state index in [9.17, 15) is 13.2 Å². The van der Waals surface area contributed by atoms with Crippen molar-refractivity contribution in [1.82, 2.24) is 14.8 Å². The molecule has 3 aromatic rings. The van der Waals surface area contributed by atoms with Crippen molar-refractivity contribution in [2.45, 2.75) is 37.1 Å². The Morgan fingerprint density at radius 1 is 1.03 bits per heavy atom. The van der Waals surface area contributed by atoms with Crippen LogP contribution in [0.5, 0.6) is 0 Å². The molecule has 0 aliphatic carbocycles. The second kappa shape index (κ2) is 9.56. The van der Waals surface area contributed by atoms with Gasteiger partial charge in [-0.1, -0.05) is 29.5 Å². The van der Waals surface area contributed by atoms with Crippen LogP contribution in [-0.4, -0.2) is 53.6 Å². The molecule has 2 heterocycles. The number of Topliss-reactive ketones (excluding diaryl/α,β-unsaturated/α-hetero) is 1. The topological polar surface area (TPSA) is 97.2 Å². The van der Waals surface area contributed by atoms with E-state index in [0.29, 0.717) is 16.4 Å². The summed E-state index contributed by atoms with van der Waals surface area (Å²) in [6.45, 7) is 5.78. The maximum atomic E-state index is 13.1. The molecule has 0 bridgehead atoms. The van der Waals surface area contributed by atoms with Crippen LogP contribution in [0.2, 0.25) is 0 Å². The Morgan fingerprint density at radius 3 is 2.27 bits per heavy atom. The SMILES string of the molecule is Cc1ccc(-n2c(SC(C)C(=O)c3ccc(NS(C)(=O)=O)cc3)nnc2N2CCCC2)cc1. The molecule has 8 nitrogen and oxygen atoms in total. The van der Waals surface area contributed by atoms with Gasteiger partial charge < -0.3 is 4.90 Å². The van der Waals surface area contributed by atoms with Crippen molar-refractivity contribution in [2.24, 2.45) is 0 Å². The maximum absolute atomic E-state index is 13.1. The van der Waals surface area contributed by atoms with Crippen LogP contribution in [0.3, 0.4) is 0 Å². The van der Waals surface area contributed by atoms with Crippen LogP contribution in [0.15, 0.2) is 53.7 Å². The molecule has 1 fully saturated rings. The van der Waals surface area contributed by atoms with E-state index in [1.165, 1.54) is 17.3 Å². The minimum atomic E-state index is -3.37. The molecule has 1 saturated heterocycles. The van der Waals surface area contributed by atoms with Crippen LogP contribution in [0.25, 0.3) is 5.69 Å². The highest BCUT2D eigenvalue weighted by molar-refractivity contribution is 8.00.